The summed E-state index contributed by atoms with van der Waals surface area (Å²) in [5.41, 5.74) is 0.600. The number of hydrogen-bond acceptors (Lipinski definition) is 2. The van der Waals surface area contributed by atoms with E-state index in [9.17, 15) is 9.18 Å². The number of hydrogen-bond donors (Lipinski definition) is 0. The molecule has 0 amide bonds. The molecule has 0 N–H and O–H groups in total. The molecule has 1 aromatic rings. The van der Waals surface area contributed by atoms with Crippen LogP contribution in [-0.4, -0.2) is 16.8 Å². The lowest BCUT2D eigenvalue weighted by molar-refractivity contribution is -0.118. The SMILES string of the molecule is O=C(Cc1cccc(F)c1Cl)C1CCCCS1. The number of benzene rings is 1. The Morgan fingerprint density at radius 2 is 2.29 bits per heavy atom. The Bertz CT molecular complexity index is 416. The van der Waals surface area contributed by atoms with Crippen LogP contribution in [0.1, 0.15) is 24.8 Å². The van der Waals surface area contributed by atoms with Crippen LogP contribution in [0.15, 0.2) is 18.2 Å². The highest BCUT2D eigenvalue weighted by atomic mass is 35.5. The van der Waals surface area contributed by atoms with Gasteiger partial charge in [-0.2, -0.15) is 11.8 Å². The predicted molar refractivity (Wildman–Crippen MR) is 70.2 cm³/mol. The standard InChI is InChI=1S/C13H14ClFOS/c14-13-9(4-3-5-10(13)15)8-11(16)12-6-1-2-7-17-12/h3-5,12H,1-2,6-8H2. The van der Waals surface area contributed by atoms with Gasteiger partial charge in [-0.3, -0.25) is 4.79 Å². The molecule has 0 bridgehead atoms. The van der Waals surface area contributed by atoms with Gasteiger partial charge in [0.2, 0.25) is 0 Å². The number of Topliss-reactive ketones (excluding diaryl/α,β-unsaturated/α-hetero) is 1. The third kappa shape index (κ3) is 3.23. The van der Waals surface area contributed by atoms with E-state index in [0.29, 0.717) is 5.56 Å². The molecule has 1 aliphatic heterocycles. The van der Waals surface area contributed by atoms with Crippen LogP contribution >= 0.6 is 23.4 Å². The van der Waals surface area contributed by atoms with E-state index < -0.39 is 5.82 Å². The number of ketones is 1. The van der Waals surface area contributed by atoms with Crippen molar-refractivity contribution in [1.82, 2.24) is 0 Å². The highest BCUT2D eigenvalue weighted by Gasteiger charge is 2.22. The summed E-state index contributed by atoms with van der Waals surface area (Å²) in [5.74, 6) is 0.767. The first-order chi connectivity index (χ1) is 8.18. The van der Waals surface area contributed by atoms with Gasteiger partial charge in [-0.15, -0.1) is 0 Å². The van der Waals surface area contributed by atoms with Crippen molar-refractivity contribution in [2.45, 2.75) is 30.9 Å². The monoisotopic (exact) mass is 272 g/mol. The van der Waals surface area contributed by atoms with Crippen LogP contribution in [0.25, 0.3) is 0 Å². The maximum atomic E-state index is 13.2. The van der Waals surface area contributed by atoms with Gasteiger partial charge in [0, 0.05) is 6.42 Å². The average molecular weight is 273 g/mol. The fourth-order valence-corrected chi connectivity index (χ4v) is 3.43. The van der Waals surface area contributed by atoms with Crippen molar-refractivity contribution in [3.63, 3.8) is 0 Å². The zero-order valence-electron chi connectivity index (χ0n) is 9.42. The zero-order chi connectivity index (χ0) is 12.3. The van der Waals surface area contributed by atoms with Crippen molar-refractivity contribution in [3.8, 4) is 0 Å². The molecule has 4 heteroatoms. The van der Waals surface area contributed by atoms with E-state index in [1.54, 1.807) is 23.9 Å². The Labute approximate surface area is 110 Å². The summed E-state index contributed by atoms with van der Waals surface area (Å²) in [7, 11) is 0. The number of halogens is 2. The van der Waals surface area contributed by atoms with E-state index in [1.165, 1.54) is 12.5 Å². The number of thioether (sulfide) groups is 1. The summed E-state index contributed by atoms with van der Waals surface area (Å²) in [6.45, 7) is 0. The largest absolute Gasteiger partial charge is 0.298 e. The number of rotatable bonds is 3. The van der Waals surface area contributed by atoms with Crippen LogP contribution in [0.2, 0.25) is 5.02 Å². The second-order valence-electron chi connectivity index (χ2n) is 4.21. The molecular formula is C13H14ClFOS. The molecule has 0 radical (unpaired) electrons. The van der Waals surface area contributed by atoms with E-state index in [-0.39, 0.29) is 22.5 Å². The molecule has 0 aromatic heterocycles. The van der Waals surface area contributed by atoms with Crippen molar-refractivity contribution in [2.24, 2.45) is 0 Å². The Morgan fingerprint density at radius 1 is 1.47 bits per heavy atom. The molecule has 0 spiro atoms. The van der Waals surface area contributed by atoms with Gasteiger partial charge >= 0.3 is 0 Å². The van der Waals surface area contributed by atoms with E-state index in [1.807, 2.05) is 0 Å². The fraction of sp³-hybridized carbons (Fsp3) is 0.462. The van der Waals surface area contributed by atoms with Crippen molar-refractivity contribution < 1.29 is 9.18 Å². The van der Waals surface area contributed by atoms with Gasteiger partial charge in [-0.1, -0.05) is 30.2 Å². The summed E-state index contributed by atoms with van der Waals surface area (Å²) in [5, 5.41) is 0.157. The summed E-state index contributed by atoms with van der Waals surface area (Å²) in [6, 6.07) is 4.63. The molecule has 1 nitrogen and oxygen atoms in total. The minimum atomic E-state index is -0.451. The van der Waals surface area contributed by atoms with Crippen molar-refractivity contribution in [3.05, 3.63) is 34.6 Å². The molecule has 2 rings (SSSR count). The van der Waals surface area contributed by atoms with Crippen molar-refractivity contribution in [1.29, 1.82) is 0 Å². The van der Waals surface area contributed by atoms with Crippen molar-refractivity contribution in [2.75, 3.05) is 5.75 Å². The molecule has 1 fully saturated rings. The molecule has 0 saturated carbocycles. The molecule has 1 saturated heterocycles. The zero-order valence-corrected chi connectivity index (χ0v) is 11.0. The molecular weight excluding hydrogens is 259 g/mol. The first kappa shape index (κ1) is 12.9. The molecule has 1 unspecified atom stereocenters. The predicted octanol–water partition coefficient (Wildman–Crippen LogP) is 3.88. The van der Waals surface area contributed by atoms with E-state index in [4.69, 9.17) is 11.6 Å². The van der Waals surface area contributed by atoms with Gasteiger partial charge < -0.3 is 0 Å². The van der Waals surface area contributed by atoms with Crippen LogP contribution in [0.3, 0.4) is 0 Å². The molecule has 1 heterocycles. The van der Waals surface area contributed by atoms with Gasteiger partial charge in [0.1, 0.15) is 11.6 Å². The lowest BCUT2D eigenvalue weighted by Crippen LogP contribution is -2.22. The van der Waals surface area contributed by atoms with Crippen LogP contribution in [0, 0.1) is 5.82 Å². The van der Waals surface area contributed by atoms with Crippen molar-refractivity contribution >= 4 is 29.1 Å². The maximum Gasteiger partial charge on any atom is 0.150 e. The van der Waals surface area contributed by atoms with Gasteiger partial charge in [0.15, 0.2) is 0 Å². The molecule has 0 aliphatic carbocycles. The van der Waals surface area contributed by atoms with Crippen LogP contribution in [0.5, 0.6) is 0 Å². The average Bonchev–Trinajstić information content (AvgIpc) is 2.36. The highest BCUT2D eigenvalue weighted by Crippen LogP contribution is 2.28. The third-order valence-electron chi connectivity index (χ3n) is 2.94. The van der Waals surface area contributed by atoms with Gasteiger partial charge in [0.05, 0.1) is 10.3 Å². The van der Waals surface area contributed by atoms with E-state index in [0.717, 1.165) is 18.6 Å². The Kier molecular flexibility index (Phi) is 4.46. The quantitative estimate of drug-likeness (QED) is 0.831. The lowest BCUT2D eigenvalue weighted by atomic mass is 10.0. The first-order valence-corrected chi connectivity index (χ1v) is 7.18. The fourth-order valence-electron chi connectivity index (χ4n) is 1.98. The molecule has 1 aliphatic rings. The summed E-state index contributed by atoms with van der Waals surface area (Å²) < 4.78 is 13.2. The molecule has 17 heavy (non-hydrogen) atoms. The van der Waals surface area contributed by atoms with E-state index >= 15 is 0 Å². The Hall–Kier alpha value is -0.540. The molecule has 1 atom stereocenters. The minimum Gasteiger partial charge on any atom is -0.298 e. The van der Waals surface area contributed by atoms with Crippen LogP contribution in [0.4, 0.5) is 4.39 Å². The Morgan fingerprint density at radius 3 is 3.00 bits per heavy atom. The Balaban J connectivity index is 2.04. The van der Waals surface area contributed by atoms with Crippen LogP contribution < -0.4 is 0 Å². The smallest absolute Gasteiger partial charge is 0.150 e. The lowest BCUT2D eigenvalue weighted by Gasteiger charge is -2.20. The van der Waals surface area contributed by atoms with Gasteiger partial charge in [-0.05, 0) is 30.2 Å². The number of carbonyl (C=O) groups is 1. The minimum absolute atomic E-state index is 0.0723. The second kappa shape index (κ2) is 5.87. The maximum absolute atomic E-state index is 13.2. The topological polar surface area (TPSA) is 17.1 Å². The van der Waals surface area contributed by atoms with Gasteiger partial charge in [0.25, 0.3) is 0 Å². The summed E-state index contributed by atoms with van der Waals surface area (Å²) in [4.78, 5) is 12.0. The third-order valence-corrected chi connectivity index (χ3v) is 4.78. The molecule has 1 aromatic carbocycles. The number of carbonyl (C=O) groups excluding carboxylic acids is 1. The summed E-state index contributed by atoms with van der Waals surface area (Å²) in [6.07, 6.45) is 3.49. The van der Waals surface area contributed by atoms with Gasteiger partial charge in [-0.25, -0.2) is 4.39 Å². The molecule has 92 valence electrons. The first-order valence-electron chi connectivity index (χ1n) is 5.75. The second-order valence-corrected chi connectivity index (χ2v) is 5.90. The normalized spacial score (nSPS) is 20.2. The highest BCUT2D eigenvalue weighted by molar-refractivity contribution is 8.00. The van der Waals surface area contributed by atoms with Crippen LogP contribution in [-0.2, 0) is 11.2 Å². The van der Waals surface area contributed by atoms with E-state index in [2.05, 4.69) is 0 Å². The summed E-state index contributed by atoms with van der Waals surface area (Å²) >= 11 is 7.56.